The summed E-state index contributed by atoms with van der Waals surface area (Å²) in [6.07, 6.45) is 1.53. The number of carboxylic acid groups (broad SMARTS) is 1. The first kappa shape index (κ1) is 18.4. The first-order valence-electron chi connectivity index (χ1n) is 7.11. The zero-order valence-electron chi connectivity index (χ0n) is 13.4. The van der Waals surface area contributed by atoms with E-state index in [1.54, 1.807) is 24.8 Å². The second-order valence-electron chi connectivity index (χ2n) is 5.14. The molecular weight excluding hydrogens is 302 g/mol. The van der Waals surface area contributed by atoms with Gasteiger partial charge in [0.1, 0.15) is 11.8 Å². The van der Waals surface area contributed by atoms with Gasteiger partial charge in [0.15, 0.2) is 6.10 Å². The lowest BCUT2D eigenvalue weighted by Crippen LogP contribution is -2.46. The highest BCUT2D eigenvalue weighted by Crippen LogP contribution is 2.21. The minimum atomic E-state index is -1.03. The van der Waals surface area contributed by atoms with Crippen LogP contribution in [0.2, 0.25) is 0 Å². The molecule has 0 spiro atoms. The van der Waals surface area contributed by atoms with E-state index in [-0.39, 0.29) is 0 Å². The van der Waals surface area contributed by atoms with Crippen molar-refractivity contribution < 1.29 is 19.4 Å². The van der Waals surface area contributed by atoms with Gasteiger partial charge >= 0.3 is 5.97 Å². The number of carbonyl (C=O) groups excluding carboxylic acids is 1. The van der Waals surface area contributed by atoms with E-state index in [0.29, 0.717) is 17.9 Å². The molecule has 0 aromatic heterocycles. The monoisotopic (exact) mass is 325 g/mol. The lowest BCUT2D eigenvalue weighted by molar-refractivity contribution is -0.142. The van der Waals surface area contributed by atoms with Gasteiger partial charge in [-0.3, -0.25) is 4.79 Å². The molecule has 2 N–H and O–H groups in total. The fraction of sp³-hybridized carbons (Fsp3) is 0.500. The number of amides is 1. The van der Waals surface area contributed by atoms with Gasteiger partial charge in [-0.05, 0) is 56.4 Å². The molecule has 0 heterocycles. The molecule has 1 aromatic carbocycles. The molecule has 0 saturated carbocycles. The third-order valence-corrected chi connectivity index (χ3v) is 4.10. The number of rotatable bonds is 8. The Balaban J connectivity index is 2.67. The third kappa shape index (κ3) is 5.26. The van der Waals surface area contributed by atoms with Crippen LogP contribution in [0.5, 0.6) is 5.75 Å². The van der Waals surface area contributed by atoms with Crippen LogP contribution in [0.4, 0.5) is 0 Å². The zero-order valence-corrected chi connectivity index (χ0v) is 14.2. The first-order chi connectivity index (χ1) is 10.4. The van der Waals surface area contributed by atoms with Crippen molar-refractivity contribution in [2.45, 2.75) is 39.3 Å². The van der Waals surface area contributed by atoms with E-state index >= 15 is 0 Å². The van der Waals surface area contributed by atoms with Crippen LogP contribution < -0.4 is 10.1 Å². The SMILES string of the molecule is CSCCC(NC(=O)C(C)Oc1cccc(C)c1C)C(=O)O. The van der Waals surface area contributed by atoms with Gasteiger partial charge in [0.25, 0.3) is 5.91 Å². The molecule has 0 radical (unpaired) electrons. The summed E-state index contributed by atoms with van der Waals surface area (Å²) in [4.78, 5) is 23.3. The molecule has 0 bridgehead atoms. The largest absolute Gasteiger partial charge is 0.481 e. The van der Waals surface area contributed by atoms with Crippen LogP contribution in [0.15, 0.2) is 18.2 Å². The molecule has 5 nitrogen and oxygen atoms in total. The Morgan fingerprint density at radius 1 is 1.36 bits per heavy atom. The molecule has 0 fully saturated rings. The Hall–Kier alpha value is -1.69. The molecule has 6 heteroatoms. The molecule has 0 aliphatic rings. The minimum absolute atomic E-state index is 0.387. The summed E-state index contributed by atoms with van der Waals surface area (Å²) in [5.41, 5.74) is 2.05. The van der Waals surface area contributed by atoms with Crippen molar-refractivity contribution in [2.75, 3.05) is 12.0 Å². The van der Waals surface area contributed by atoms with Crippen molar-refractivity contribution in [1.29, 1.82) is 0 Å². The first-order valence-corrected chi connectivity index (χ1v) is 8.51. The van der Waals surface area contributed by atoms with Crippen LogP contribution >= 0.6 is 11.8 Å². The van der Waals surface area contributed by atoms with E-state index in [9.17, 15) is 9.59 Å². The summed E-state index contributed by atoms with van der Waals surface area (Å²) < 4.78 is 5.66. The molecule has 1 rings (SSSR count). The standard InChI is InChI=1S/C16H23NO4S/c1-10-6-5-7-14(11(10)2)21-12(3)15(18)17-13(16(19)20)8-9-22-4/h5-7,12-13H,8-9H2,1-4H3,(H,17,18)(H,19,20). The Morgan fingerprint density at radius 3 is 2.64 bits per heavy atom. The highest BCUT2D eigenvalue weighted by Gasteiger charge is 2.23. The summed E-state index contributed by atoms with van der Waals surface area (Å²) in [5, 5.41) is 11.7. The van der Waals surface area contributed by atoms with E-state index in [2.05, 4.69) is 5.32 Å². The van der Waals surface area contributed by atoms with Crippen molar-refractivity contribution in [3.63, 3.8) is 0 Å². The molecule has 22 heavy (non-hydrogen) atoms. The van der Waals surface area contributed by atoms with Crippen LogP contribution in [0.25, 0.3) is 0 Å². The summed E-state index contributed by atoms with van der Waals surface area (Å²) in [5.74, 6) is -0.141. The van der Waals surface area contributed by atoms with Gasteiger partial charge in [0.2, 0.25) is 0 Å². The normalized spacial score (nSPS) is 13.3. The number of hydrogen-bond donors (Lipinski definition) is 2. The van der Waals surface area contributed by atoms with E-state index in [4.69, 9.17) is 9.84 Å². The second kappa shape index (κ2) is 8.68. The quantitative estimate of drug-likeness (QED) is 0.767. The molecule has 2 atom stereocenters. The van der Waals surface area contributed by atoms with Gasteiger partial charge in [0, 0.05) is 0 Å². The number of benzene rings is 1. The smallest absolute Gasteiger partial charge is 0.326 e. The number of carbonyl (C=O) groups is 2. The highest BCUT2D eigenvalue weighted by atomic mass is 32.2. The summed E-state index contributed by atoms with van der Waals surface area (Å²) >= 11 is 1.54. The molecule has 0 saturated heterocycles. The van der Waals surface area contributed by atoms with Crippen LogP contribution in [-0.4, -0.2) is 41.1 Å². The predicted molar refractivity (Wildman–Crippen MR) is 88.6 cm³/mol. The van der Waals surface area contributed by atoms with Gasteiger partial charge in [-0.15, -0.1) is 0 Å². The fourth-order valence-electron chi connectivity index (χ4n) is 1.88. The fourth-order valence-corrected chi connectivity index (χ4v) is 2.35. The Morgan fingerprint density at radius 2 is 2.05 bits per heavy atom. The van der Waals surface area contributed by atoms with E-state index in [1.165, 1.54) is 0 Å². The van der Waals surface area contributed by atoms with Crippen molar-refractivity contribution in [3.8, 4) is 5.75 Å². The lowest BCUT2D eigenvalue weighted by atomic mass is 10.1. The van der Waals surface area contributed by atoms with Gasteiger partial charge in [0.05, 0.1) is 0 Å². The average Bonchev–Trinajstić information content (AvgIpc) is 2.47. The second-order valence-corrected chi connectivity index (χ2v) is 6.12. The summed E-state index contributed by atoms with van der Waals surface area (Å²) in [7, 11) is 0. The maximum atomic E-state index is 12.1. The van der Waals surface area contributed by atoms with Crippen molar-refractivity contribution >= 4 is 23.6 Å². The number of carboxylic acids is 1. The topological polar surface area (TPSA) is 75.6 Å². The molecule has 2 unspecified atom stereocenters. The molecule has 0 aliphatic heterocycles. The van der Waals surface area contributed by atoms with Gasteiger partial charge in [-0.25, -0.2) is 4.79 Å². The molecular formula is C16H23NO4S. The number of hydrogen-bond acceptors (Lipinski definition) is 4. The number of ether oxygens (including phenoxy) is 1. The van der Waals surface area contributed by atoms with Gasteiger partial charge in [-0.2, -0.15) is 11.8 Å². The van der Waals surface area contributed by atoms with Crippen LogP contribution in [-0.2, 0) is 9.59 Å². The Bertz CT molecular complexity index is 533. The third-order valence-electron chi connectivity index (χ3n) is 3.45. The lowest BCUT2D eigenvalue weighted by Gasteiger charge is -2.20. The van der Waals surface area contributed by atoms with E-state index in [0.717, 1.165) is 11.1 Å². The Labute approximate surface area is 135 Å². The predicted octanol–water partition coefficient (Wildman–Crippen LogP) is 2.39. The van der Waals surface area contributed by atoms with E-state index < -0.39 is 24.0 Å². The van der Waals surface area contributed by atoms with Crippen LogP contribution in [0, 0.1) is 13.8 Å². The molecule has 0 aliphatic carbocycles. The number of thioether (sulfide) groups is 1. The summed E-state index contributed by atoms with van der Waals surface area (Å²) in [6.45, 7) is 5.51. The van der Waals surface area contributed by atoms with Gasteiger partial charge in [-0.1, -0.05) is 12.1 Å². The molecule has 122 valence electrons. The van der Waals surface area contributed by atoms with Crippen molar-refractivity contribution in [3.05, 3.63) is 29.3 Å². The number of nitrogens with one attached hydrogen (secondary N) is 1. The molecule has 1 aromatic rings. The van der Waals surface area contributed by atoms with Crippen LogP contribution in [0.1, 0.15) is 24.5 Å². The van der Waals surface area contributed by atoms with E-state index in [1.807, 2.05) is 32.2 Å². The number of aryl methyl sites for hydroxylation is 1. The van der Waals surface area contributed by atoms with Crippen LogP contribution in [0.3, 0.4) is 0 Å². The maximum Gasteiger partial charge on any atom is 0.326 e. The minimum Gasteiger partial charge on any atom is -0.481 e. The van der Waals surface area contributed by atoms with Gasteiger partial charge < -0.3 is 15.2 Å². The van der Waals surface area contributed by atoms with Crippen molar-refractivity contribution in [1.82, 2.24) is 5.32 Å². The van der Waals surface area contributed by atoms with Crippen molar-refractivity contribution in [2.24, 2.45) is 0 Å². The Kier molecular flexibility index (Phi) is 7.24. The summed E-state index contributed by atoms with van der Waals surface area (Å²) in [6, 6.07) is 4.75. The number of aliphatic carboxylic acids is 1. The molecule has 1 amide bonds. The average molecular weight is 325 g/mol. The highest BCUT2D eigenvalue weighted by molar-refractivity contribution is 7.98. The maximum absolute atomic E-state index is 12.1. The zero-order chi connectivity index (χ0) is 16.7.